The molecule has 10 aromatic rings. The van der Waals surface area contributed by atoms with Crippen LogP contribution in [0.3, 0.4) is 0 Å². The minimum Gasteiger partial charge on any atom is -0.307 e. The lowest BCUT2D eigenvalue weighted by molar-refractivity contribution is 0.683. The third-order valence-corrected chi connectivity index (χ3v) is 11.3. The van der Waals surface area contributed by atoms with Gasteiger partial charge in [0.15, 0.2) is 0 Å². The number of nitrogens with zero attached hydrogens (tertiary/aromatic N) is 3. The number of aromatic nitrogens is 2. The summed E-state index contributed by atoms with van der Waals surface area (Å²) < 4.78 is 18.4. The van der Waals surface area contributed by atoms with Crippen LogP contribution >= 0.6 is 0 Å². The van der Waals surface area contributed by atoms with Gasteiger partial charge < -0.3 is 9.13 Å². The van der Waals surface area contributed by atoms with E-state index in [1.165, 1.54) is 49.5 Å². The second-order valence-electron chi connectivity index (χ2n) is 13.4. The van der Waals surface area contributed by atoms with Gasteiger partial charge in [0.05, 0.1) is 44.5 Å². The Hall–Kier alpha value is -6.48. The average Bonchev–Trinajstić information content (AvgIpc) is 3.73. The van der Waals surface area contributed by atoms with Gasteiger partial charge in [-0.05, 0) is 100 Å². The summed E-state index contributed by atoms with van der Waals surface area (Å²) in [5.41, 5.74) is 7.18. The van der Waals surface area contributed by atoms with Crippen molar-refractivity contribution in [2.24, 2.45) is 0 Å². The summed E-state index contributed by atoms with van der Waals surface area (Å²) in [5, 5.41) is 18.8. The first kappa shape index (κ1) is 32.4. The van der Waals surface area contributed by atoms with Crippen molar-refractivity contribution in [3.8, 4) is 17.4 Å². The third kappa shape index (κ3) is 5.30. The van der Waals surface area contributed by atoms with Crippen molar-refractivity contribution >= 4 is 76.0 Å². The molecular formula is C48H35N3OS. The summed E-state index contributed by atoms with van der Waals surface area (Å²) in [6.07, 6.45) is 1.25. The number of rotatable bonds is 4. The van der Waals surface area contributed by atoms with Crippen LogP contribution in [-0.4, -0.2) is 13.3 Å². The fourth-order valence-corrected chi connectivity index (χ4v) is 8.71. The second-order valence-corrected chi connectivity index (χ2v) is 14.8. The summed E-state index contributed by atoms with van der Waals surface area (Å²) >= 11 is 0. The molecule has 10 rings (SSSR count). The van der Waals surface area contributed by atoms with Crippen LogP contribution in [0.25, 0.3) is 76.5 Å². The minimum atomic E-state index is -1.38. The number of fused-ring (bicyclic) bond motifs is 10. The fourth-order valence-electron chi connectivity index (χ4n) is 7.67. The van der Waals surface area contributed by atoms with E-state index in [0.717, 1.165) is 33.4 Å². The van der Waals surface area contributed by atoms with Crippen molar-refractivity contribution in [2.75, 3.05) is 0 Å². The van der Waals surface area contributed by atoms with Crippen molar-refractivity contribution < 1.29 is 4.21 Å². The summed E-state index contributed by atoms with van der Waals surface area (Å²) in [6.45, 7) is 4.25. The monoisotopic (exact) mass is 701 g/mol. The Kier molecular flexibility index (Phi) is 8.11. The molecule has 2 aromatic heterocycles. The van der Waals surface area contributed by atoms with Crippen molar-refractivity contribution in [3.05, 3.63) is 169 Å². The highest BCUT2D eigenvalue weighted by molar-refractivity contribution is 7.85. The standard InChI is InChI=1S/C45H27N3OS.C3H8/c46-28-29-14-19-35(20-15-29)50(49)36-21-17-34(18-22-36)48-42-27-32-10-5-4-9-31(32)26-40(42)38-23-24-39-43-37-13-7-6-8-30(37)16-25-41(43)47(45(39)44(38)48)33-11-2-1-3-12-33;1-3-2/h1-27H;3H2,1-2H3. The van der Waals surface area contributed by atoms with Crippen LogP contribution < -0.4 is 0 Å². The molecule has 0 fully saturated rings. The van der Waals surface area contributed by atoms with Gasteiger partial charge in [-0.3, -0.25) is 0 Å². The molecule has 4 nitrogen and oxygen atoms in total. The predicted octanol–water partition coefficient (Wildman–Crippen LogP) is 12.6. The molecule has 0 saturated heterocycles. The predicted molar refractivity (Wildman–Crippen MR) is 222 cm³/mol. The first-order valence-electron chi connectivity index (χ1n) is 18.0. The Morgan fingerprint density at radius 2 is 1.06 bits per heavy atom. The summed E-state index contributed by atoms with van der Waals surface area (Å²) in [7, 11) is -1.38. The Labute approximate surface area is 310 Å². The maximum absolute atomic E-state index is 13.6. The van der Waals surface area contributed by atoms with Gasteiger partial charge in [-0.25, -0.2) is 4.21 Å². The van der Waals surface area contributed by atoms with Gasteiger partial charge >= 0.3 is 0 Å². The van der Waals surface area contributed by atoms with E-state index in [1.807, 2.05) is 12.1 Å². The Morgan fingerprint density at radius 3 is 1.75 bits per heavy atom. The van der Waals surface area contributed by atoms with E-state index in [2.05, 4.69) is 156 Å². The van der Waals surface area contributed by atoms with Crippen LogP contribution in [0, 0.1) is 11.3 Å². The number of nitriles is 1. The number of para-hydroxylation sites is 1. The zero-order valence-electron chi connectivity index (χ0n) is 29.5. The first-order chi connectivity index (χ1) is 26.1. The van der Waals surface area contributed by atoms with Gasteiger partial charge in [0.2, 0.25) is 0 Å². The minimum absolute atomic E-state index is 0.548. The third-order valence-electron chi connectivity index (χ3n) is 9.93. The van der Waals surface area contributed by atoms with Crippen LogP contribution in [0.4, 0.5) is 0 Å². The molecular weight excluding hydrogens is 667 g/mol. The Balaban J connectivity index is 0.00000120. The molecule has 0 radical (unpaired) electrons. The quantitative estimate of drug-likeness (QED) is 0.183. The van der Waals surface area contributed by atoms with Crippen LogP contribution in [0.5, 0.6) is 0 Å². The lowest BCUT2D eigenvalue weighted by Gasteiger charge is -2.13. The van der Waals surface area contributed by atoms with Crippen LogP contribution in [0.2, 0.25) is 0 Å². The van der Waals surface area contributed by atoms with Gasteiger partial charge in [0.25, 0.3) is 0 Å². The lowest BCUT2D eigenvalue weighted by atomic mass is 10.0. The van der Waals surface area contributed by atoms with E-state index in [9.17, 15) is 9.47 Å². The second kappa shape index (κ2) is 13.2. The molecule has 5 heteroatoms. The Morgan fingerprint density at radius 1 is 0.509 bits per heavy atom. The molecule has 0 spiro atoms. The van der Waals surface area contributed by atoms with Gasteiger partial charge in [0, 0.05) is 42.7 Å². The fraction of sp³-hybridized carbons (Fsp3) is 0.0625. The van der Waals surface area contributed by atoms with Crippen molar-refractivity contribution in [1.82, 2.24) is 9.13 Å². The van der Waals surface area contributed by atoms with E-state index >= 15 is 0 Å². The summed E-state index contributed by atoms with van der Waals surface area (Å²) in [4.78, 5) is 1.38. The van der Waals surface area contributed by atoms with Gasteiger partial charge in [-0.1, -0.05) is 105 Å². The highest BCUT2D eigenvalue weighted by Gasteiger charge is 2.23. The van der Waals surface area contributed by atoms with Crippen molar-refractivity contribution in [1.29, 1.82) is 5.26 Å². The maximum Gasteiger partial charge on any atom is 0.0991 e. The zero-order chi connectivity index (χ0) is 36.1. The highest BCUT2D eigenvalue weighted by Crippen LogP contribution is 2.44. The molecule has 8 aromatic carbocycles. The lowest BCUT2D eigenvalue weighted by Crippen LogP contribution is -1.99. The molecule has 0 saturated carbocycles. The first-order valence-corrected chi connectivity index (χ1v) is 19.1. The van der Waals surface area contributed by atoms with Gasteiger partial charge in [0.1, 0.15) is 0 Å². The van der Waals surface area contributed by atoms with E-state index in [4.69, 9.17) is 0 Å². The van der Waals surface area contributed by atoms with E-state index in [1.54, 1.807) is 24.3 Å². The average molecular weight is 702 g/mol. The van der Waals surface area contributed by atoms with Gasteiger partial charge in [-0.15, -0.1) is 0 Å². The zero-order valence-corrected chi connectivity index (χ0v) is 30.3. The molecule has 53 heavy (non-hydrogen) atoms. The molecule has 2 heterocycles. The molecule has 1 atom stereocenters. The smallest absolute Gasteiger partial charge is 0.0991 e. The van der Waals surface area contributed by atoms with E-state index < -0.39 is 10.8 Å². The van der Waals surface area contributed by atoms with Crippen LogP contribution in [0.15, 0.2) is 174 Å². The summed E-state index contributed by atoms with van der Waals surface area (Å²) in [5.74, 6) is 0. The summed E-state index contributed by atoms with van der Waals surface area (Å²) in [6, 6.07) is 58.6. The SMILES string of the molecule is CCC.N#Cc1ccc(S(=O)c2ccc(-n3c4cc5ccccc5cc4c4ccc5c6c7ccccc7ccc6n(-c6ccccc6)c5c43)cc2)cc1. The molecule has 0 bridgehead atoms. The molecule has 0 aliphatic carbocycles. The Bertz CT molecular complexity index is 3060. The van der Waals surface area contributed by atoms with Crippen LogP contribution in [-0.2, 0) is 10.8 Å². The molecule has 0 N–H and O–H groups in total. The number of hydrogen-bond acceptors (Lipinski definition) is 2. The van der Waals surface area contributed by atoms with Crippen molar-refractivity contribution in [3.63, 3.8) is 0 Å². The largest absolute Gasteiger partial charge is 0.307 e. The molecule has 1 unspecified atom stereocenters. The highest BCUT2D eigenvalue weighted by atomic mass is 32.2. The topological polar surface area (TPSA) is 50.7 Å². The molecule has 0 aliphatic rings. The molecule has 0 aliphatic heterocycles. The maximum atomic E-state index is 13.6. The van der Waals surface area contributed by atoms with Crippen molar-refractivity contribution in [2.45, 2.75) is 30.1 Å². The van der Waals surface area contributed by atoms with E-state index in [-0.39, 0.29) is 0 Å². The number of benzene rings is 8. The molecule has 0 amide bonds. The molecule has 254 valence electrons. The van der Waals surface area contributed by atoms with Crippen LogP contribution in [0.1, 0.15) is 25.8 Å². The van der Waals surface area contributed by atoms with E-state index in [0.29, 0.717) is 15.4 Å². The van der Waals surface area contributed by atoms with Gasteiger partial charge in [-0.2, -0.15) is 5.26 Å². The number of hydrogen-bond donors (Lipinski definition) is 0. The normalized spacial score (nSPS) is 12.0.